The lowest BCUT2D eigenvalue weighted by molar-refractivity contribution is 0.695. The predicted octanol–water partition coefficient (Wildman–Crippen LogP) is 1.25. The van der Waals surface area contributed by atoms with Crippen LogP contribution in [0.1, 0.15) is 0 Å². The third kappa shape index (κ3) is 4.02. The molecule has 0 aliphatic heterocycles. The van der Waals surface area contributed by atoms with Crippen molar-refractivity contribution in [2.75, 3.05) is 28.2 Å². The van der Waals surface area contributed by atoms with E-state index in [2.05, 4.69) is 61.8 Å². The highest BCUT2D eigenvalue weighted by Crippen LogP contribution is 2.17. The molecule has 0 heterocycles. The Bertz CT molecular complexity index is 258. The molecular formula is C10H18N2P2. The van der Waals surface area contributed by atoms with Gasteiger partial charge in [-0.25, -0.2) is 0 Å². The number of benzene rings is 1. The van der Waals surface area contributed by atoms with Gasteiger partial charge in [0.05, 0.1) is 0 Å². The fourth-order valence-electron chi connectivity index (χ4n) is 1.16. The van der Waals surface area contributed by atoms with Gasteiger partial charge in [0.2, 0.25) is 0 Å². The van der Waals surface area contributed by atoms with Crippen LogP contribution in [0.15, 0.2) is 24.3 Å². The molecule has 4 heteroatoms. The summed E-state index contributed by atoms with van der Waals surface area (Å²) >= 11 is 0. The van der Waals surface area contributed by atoms with Gasteiger partial charge in [-0.1, -0.05) is 24.3 Å². The zero-order valence-corrected chi connectivity index (χ0v) is 11.2. The van der Waals surface area contributed by atoms with Crippen molar-refractivity contribution < 1.29 is 0 Å². The van der Waals surface area contributed by atoms with Crippen LogP contribution < -0.4 is 10.6 Å². The summed E-state index contributed by atoms with van der Waals surface area (Å²) in [4.78, 5) is 0. The van der Waals surface area contributed by atoms with Gasteiger partial charge >= 0.3 is 0 Å². The van der Waals surface area contributed by atoms with Crippen LogP contribution in [0.25, 0.3) is 0 Å². The zero-order valence-electron chi connectivity index (χ0n) is 9.20. The van der Waals surface area contributed by atoms with E-state index in [4.69, 9.17) is 0 Å². The molecule has 0 saturated heterocycles. The predicted molar refractivity (Wildman–Crippen MR) is 69.7 cm³/mol. The summed E-state index contributed by atoms with van der Waals surface area (Å²) in [5.74, 6) is 0. The molecule has 0 spiro atoms. The van der Waals surface area contributed by atoms with Crippen LogP contribution in [0.2, 0.25) is 0 Å². The molecule has 0 N–H and O–H groups in total. The Morgan fingerprint density at radius 2 is 1.14 bits per heavy atom. The third-order valence-electron chi connectivity index (χ3n) is 1.62. The van der Waals surface area contributed by atoms with Crippen LogP contribution in [0.5, 0.6) is 0 Å². The first-order valence-corrected chi connectivity index (χ1v) is 6.46. The Hall–Kier alpha value is -0.0000000000000000208. The standard InChI is InChI=1S/C10H18N2P2/c1-11(2)13-9-7-5-6-8-10(9)14-12(3)4/h5-8,13-14H,1-4H3. The lowest BCUT2D eigenvalue weighted by atomic mass is 10.4. The van der Waals surface area contributed by atoms with Gasteiger partial charge in [-0.3, -0.25) is 9.34 Å². The molecule has 2 atom stereocenters. The van der Waals surface area contributed by atoms with Crippen LogP contribution in [0.3, 0.4) is 0 Å². The summed E-state index contributed by atoms with van der Waals surface area (Å²) in [7, 11) is 10.0. The molecule has 1 aromatic rings. The minimum atomic E-state index is 0.773. The lowest BCUT2D eigenvalue weighted by Crippen LogP contribution is -2.21. The van der Waals surface area contributed by atoms with Gasteiger partial charge in [-0.05, 0) is 56.3 Å². The maximum Gasteiger partial charge on any atom is -0.00360 e. The molecular weight excluding hydrogens is 210 g/mol. The van der Waals surface area contributed by atoms with E-state index >= 15 is 0 Å². The number of hydrogen-bond acceptors (Lipinski definition) is 2. The van der Waals surface area contributed by atoms with Gasteiger partial charge in [0.25, 0.3) is 0 Å². The summed E-state index contributed by atoms with van der Waals surface area (Å²) in [5.41, 5.74) is 0. The maximum atomic E-state index is 2.24. The smallest absolute Gasteiger partial charge is 0.00360 e. The lowest BCUT2D eigenvalue weighted by Gasteiger charge is -2.16. The summed E-state index contributed by atoms with van der Waals surface area (Å²) < 4.78 is 4.47. The average Bonchev–Trinajstić information content (AvgIpc) is 2.06. The highest BCUT2D eigenvalue weighted by molar-refractivity contribution is 7.52. The fraction of sp³-hybridized carbons (Fsp3) is 0.400. The second-order valence-electron chi connectivity index (χ2n) is 3.56. The monoisotopic (exact) mass is 228 g/mol. The van der Waals surface area contributed by atoms with E-state index in [1.807, 2.05) is 0 Å². The van der Waals surface area contributed by atoms with Crippen LogP contribution in [0.4, 0.5) is 0 Å². The van der Waals surface area contributed by atoms with Crippen molar-refractivity contribution in [3.05, 3.63) is 24.3 Å². The average molecular weight is 228 g/mol. The zero-order chi connectivity index (χ0) is 10.6. The Morgan fingerprint density at radius 3 is 1.43 bits per heavy atom. The molecule has 0 saturated carbocycles. The van der Waals surface area contributed by atoms with Crippen molar-refractivity contribution in [2.24, 2.45) is 0 Å². The van der Waals surface area contributed by atoms with Crippen molar-refractivity contribution >= 4 is 28.1 Å². The summed E-state index contributed by atoms with van der Waals surface area (Å²) in [6.07, 6.45) is 0. The molecule has 14 heavy (non-hydrogen) atoms. The van der Waals surface area contributed by atoms with E-state index in [0.717, 1.165) is 17.5 Å². The highest BCUT2D eigenvalue weighted by atomic mass is 31.1. The Labute approximate surface area is 90.4 Å². The minimum absolute atomic E-state index is 0.773. The van der Waals surface area contributed by atoms with Gasteiger partial charge < -0.3 is 0 Å². The molecule has 1 rings (SSSR count). The van der Waals surface area contributed by atoms with Crippen LogP contribution in [-0.4, -0.2) is 37.5 Å². The normalized spacial score (nSPS) is 13.0. The molecule has 0 bridgehead atoms. The quantitative estimate of drug-likeness (QED) is 0.715. The number of hydrogen-bond donors (Lipinski definition) is 0. The van der Waals surface area contributed by atoms with Crippen molar-refractivity contribution in [1.82, 2.24) is 9.34 Å². The van der Waals surface area contributed by atoms with Crippen molar-refractivity contribution in [3.63, 3.8) is 0 Å². The third-order valence-corrected chi connectivity index (χ3v) is 4.11. The Kier molecular flexibility index (Phi) is 4.98. The first kappa shape index (κ1) is 12.1. The first-order valence-electron chi connectivity index (χ1n) is 4.56. The molecule has 0 radical (unpaired) electrons. The highest BCUT2D eigenvalue weighted by Gasteiger charge is 2.03. The van der Waals surface area contributed by atoms with E-state index in [1.165, 1.54) is 10.6 Å². The van der Waals surface area contributed by atoms with Gasteiger partial charge in [0, 0.05) is 0 Å². The van der Waals surface area contributed by atoms with E-state index in [-0.39, 0.29) is 0 Å². The van der Waals surface area contributed by atoms with Gasteiger partial charge in [-0.15, -0.1) is 0 Å². The van der Waals surface area contributed by atoms with Crippen molar-refractivity contribution in [2.45, 2.75) is 0 Å². The molecule has 0 aliphatic rings. The molecule has 0 fully saturated rings. The van der Waals surface area contributed by atoms with Gasteiger partial charge in [-0.2, -0.15) is 0 Å². The van der Waals surface area contributed by atoms with E-state index in [1.54, 1.807) is 0 Å². The second kappa shape index (κ2) is 5.78. The Morgan fingerprint density at radius 1 is 0.786 bits per heavy atom. The summed E-state index contributed by atoms with van der Waals surface area (Å²) in [6, 6.07) is 8.69. The van der Waals surface area contributed by atoms with Crippen molar-refractivity contribution in [1.29, 1.82) is 0 Å². The fourth-order valence-corrected chi connectivity index (χ4v) is 3.21. The molecule has 78 valence electrons. The molecule has 1 aromatic carbocycles. The van der Waals surface area contributed by atoms with Crippen LogP contribution >= 0.6 is 17.5 Å². The van der Waals surface area contributed by atoms with Crippen molar-refractivity contribution in [3.8, 4) is 0 Å². The topological polar surface area (TPSA) is 6.48 Å². The summed E-state index contributed by atoms with van der Waals surface area (Å²) in [6.45, 7) is 0. The largest absolute Gasteiger partial charge is 0.287 e. The molecule has 0 amide bonds. The van der Waals surface area contributed by atoms with Crippen LogP contribution in [-0.2, 0) is 0 Å². The number of rotatable bonds is 4. The molecule has 2 nitrogen and oxygen atoms in total. The minimum Gasteiger partial charge on any atom is -0.287 e. The van der Waals surface area contributed by atoms with Gasteiger partial charge in [0.15, 0.2) is 0 Å². The van der Waals surface area contributed by atoms with E-state index in [9.17, 15) is 0 Å². The van der Waals surface area contributed by atoms with E-state index < -0.39 is 0 Å². The molecule has 0 aliphatic carbocycles. The maximum absolute atomic E-state index is 2.24. The first-order chi connectivity index (χ1) is 6.59. The molecule has 2 unspecified atom stereocenters. The second-order valence-corrected chi connectivity index (χ2v) is 6.87. The molecule has 0 aromatic heterocycles. The van der Waals surface area contributed by atoms with E-state index in [0.29, 0.717) is 0 Å². The van der Waals surface area contributed by atoms with Gasteiger partial charge in [0.1, 0.15) is 0 Å². The Balaban J connectivity index is 2.80. The summed E-state index contributed by atoms with van der Waals surface area (Å²) in [5, 5.41) is 2.93. The van der Waals surface area contributed by atoms with Crippen LogP contribution in [0, 0.1) is 0 Å². The number of nitrogens with zero attached hydrogens (tertiary/aromatic N) is 2. The SMILES string of the molecule is CN(C)Pc1ccccc1PN(C)C.